The van der Waals surface area contributed by atoms with Crippen LogP contribution in [0.25, 0.3) is 0 Å². The highest BCUT2D eigenvalue weighted by Gasteiger charge is 2.24. The number of nitrogens with zero attached hydrogens (tertiary/aromatic N) is 2. The molecule has 0 saturated heterocycles. The van der Waals surface area contributed by atoms with E-state index in [-0.39, 0.29) is 0 Å². The van der Waals surface area contributed by atoms with Crippen molar-refractivity contribution in [3.05, 3.63) is 12.4 Å². The molecule has 1 aliphatic heterocycles. The Morgan fingerprint density at radius 3 is 0.814 bits per heavy atom. The molecule has 0 N–H and O–H groups in total. The van der Waals surface area contributed by atoms with Crippen LogP contribution in [-0.2, 0) is 0 Å². The van der Waals surface area contributed by atoms with E-state index in [0.717, 1.165) is 0 Å². The molecule has 43 heavy (non-hydrogen) atoms. The second kappa shape index (κ2) is 32.7. The largest absolute Gasteiger partial charge is 0.356 e. The average Bonchev–Trinajstić information content (AvgIpc) is 3.40. The van der Waals surface area contributed by atoms with E-state index in [9.17, 15) is 0 Å². The quantitative estimate of drug-likeness (QED) is 0.0666. The maximum Gasteiger partial charge on any atom is 0.101 e. The fourth-order valence-corrected chi connectivity index (χ4v) is 7.07. The summed E-state index contributed by atoms with van der Waals surface area (Å²) in [5.74, 6) is 0. The zero-order valence-corrected chi connectivity index (χ0v) is 30.4. The fourth-order valence-electron chi connectivity index (χ4n) is 7.07. The second-order valence-corrected chi connectivity index (χ2v) is 14.3. The lowest BCUT2D eigenvalue weighted by Crippen LogP contribution is -2.39. The van der Waals surface area contributed by atoms with Crippen molar-refractivity contribution in [2.45, 2.75) is 239 Å². The highest BCUT2D eigenvalue weighted by Crippen LogP contribution is 2.24. The predicted molar refractivity (Wildman–Crippen MR) is 196 cm³/mol. The van der Waals surface area contributed by atoms with Crippen molar-refractivity contribution in [2.24, 2.45) is 0 Å². The summed E-state index contributed by atoms with van der Waals surface area (Å²) >= 11 is 0. The molecular weight excluding hydrogens is 520 g/mol. The monoisotopic (exact) mass is 603 g/mol. The maximum absolute atomic E-state index is 2.71. The lowest BCUT2D eigenvalue weighted by molar-refractivity contribution is 0.135. The van der Waals surface area contributed by atoms with E-state index in [1.54, 1.807) is 0 Å². The lowest BCUT2D eigenvalue weighted by Gasteiger charge is -2.33. The zero-order chi connectivity index (χ0) is 30.9. The minimum Gasteiger partial charge on any atom is -0.356 e. The molecule has 0 aromatic rings. The Morgan fingerprint density at radius 1 is 0.302 bits per heavy atom. The van der Waals surface area contributed by atoms with Gasteiger partial charge in [-0.15, -0.1) is 0 Å². The number of hydrogen-bond donors (Lipinski definition) is 0. The minimum absolute atomic E-state index is 0.640. The van der Waals surface area contributed by atoms with Gasteiger partial charge in [-0.1, -0.05) is 207 Å². The molecule has 1 unspecified atom stereocenters. The molecule has 0 aliphatic carbocycles. The van der Waals surface area contributed by atoms with E-state index in [1.807, 2.05) is 0 Å². The van der Waals surface area contributed by atoms with Crippen molar-refractivity contribution in [3.63, 3.8) is 0 Å². The number of rotatable bonds is 35. The Balaban J connectivity index is 2.08. The SMILES string of the molecule is CCCCCCCCCCCCCCCCCCCN1C=CN(CCCCCCCCCCCC)C1CCCCCCC. The van der Waals surface area contributed by atoms with Gasteiger partial charge in [0.05, 0.1) is 0 Å². The maximum atomic E-state index is 2.71. The Hall–Kier alpha value is -0.660. The predicted octanol–water partition coefficient (Wildman–Crippen LogP) is 14.3. The first-order chi connectivity index (χ1) is 21.3. The molecule has 1 aliphatic rings. The summed E-state index contributed by atoms with van der Waals surface area (Å²) in [4.78, 5) is 5.42. The first-order valence-electron chi connectivity index (χ1n) is 20.5. The summed E-state index contributed by atoms with van der Waals surface area (Å²) in [6.45, 7) is 9.49. The molecule has 0 aromatic heterocycles. The van der Waals surface area contributed by atoms with Crippen LogP contribution in [-0.4, -0.2) is 29.1 Å². The third-order valence-electron chi connectivity index (χ3n) is 10.1. The third kappa shape index (κ3) is 25.2. The molecule has 0 spiro atoms. The van der Waals surface area contributed by atoms with Gasteiger partial charge in [0.1, 0.15) is 6.17 Å². The van der Waals surface area contributed by atoms with Gasteiger partial charge in [-0.2, -0.15) is 0 Å². The van der Waals surface area contributed by atoms with Gasteiger partial charge in [-0.25, -0.2) is 0 Å². The summed E-state index contributed by atoms with van der Waals surface area (Å²) in [6, 6.07) is 0. The van der Waals surface area contributed by atoms with Crippen molar-refractivity contribution < 1.29 is 0 Å². The van der Waals surface area contributed by atoms with Crippen molar-refractivity contribution in [1.29, 1.82) is 0 Å². The van der Waals surface area contributed by atoms with Crippen LogP contribution in [0.2, 0.25) is 0 Å². The summed E-state index contributed by atoms with van der Waals surface area (Å²) in [7, 11) is 0. The zero-order valence-electron chi connectivity index (χ0n) is 30.4. The van der Waals surface area contributed by atoms with E-state index < -0.39 is 0 Å². The van der Waals surface area contributed by atoms with E-state index >= 15 is 0 Å². The van der Waals surface area contributed by atoms with Gasteiger partial charge in [0.2, 0.25) is 0 Å². The van der Waals surface area contributed by atoms with Crippen LogP contribution in [0.3, 0.4) is 0 Å². The molecule has 256 valence electrons. The molecule has 2 nitrogen and oxygen atoms in total. The molecule has 0 aromatic carbocycles. The number of hydrogen-bond acceptors (Lipinski definition) is 2. The average molecular weight is 603 g/mol. The Kier molecular flexibility index (Phi) is 30.7. The van der Waals surface area contributed by atoms with E-state index in [1.165, 1.54) is 225 Å². The summed E-state index contributed by atoms with van der Waals surface area (Å²) in [5.41, 5.74) is 0. The smallest absolute Gasteiger partial charge is 0.101 e. The van der Waals surface area contributed by atoms with Crippen LogP contribution >= 0.6 is 0 Å². The molecule has 0 radical (unpaired) electrons. The Morgan fingerprint density at radius 2 is 0.535 bits per heavy atom. The standard InChI is InChI=1S/C41H82N2/c1-4-7-10-13-15-17-19-20-21-22-23-24-25-27-29-32-35-38-43-40-39-42(41(43)36-33-30-12-9-6-3)37-34-31-28-26-18-16-14-11-8-5-2/h39-41H,4-38H2,1-3H3. The molecule has 0 bridgehead atoms. The molecule has 2 heteroatoms. The van der Waals surface area contributed by atoms with Gasteiger partial charge in [-0.05, 0) is 25.7 Å². The summed E-state index contributed by atoms with van der Waals surface area (Å²) in [6.07, 6.45) is 52.9. The van der Waals surface area contributed by atoms with Crippen molar-refractivity contribution >= 4 is 0 Å². The lowest BCUT2D eigenvalue weighted by atomic mass is 10.0. The van der Waals surface area contributed by atoms with Gasteiger partial charge >= 0.3 is 0 Å². The van der Waals surface area contributed by atoms with Crippen molar-refractivity contribution in [3.8, 4) is 0 Å². The van der Waals surface area contributed by atoms with Gasteiger partial charge in [0, 0.05) is 25.5 Å². The molecule has 0 fully saturated rings. The third-order valence-corrected chi connectivity index (χ3v) is 10.1. The first kappa shape index (κ1) is 40.4. The minimum atomic E-state index is 0.640. The van der Waals surface area contributed by atoms with Crippen LogP contribution in [0.15, 0.2) is 12.4 Å². The summed E-state index contributed by atoms with van der Waals surface area (Å²) in [5, 5.41) is 0. The Labute approximate surface area is 273 Å². The summed E-state index contributed by atoms with van der Waals surface area (Å²) < 4.78 is 0. The van der Waals surface area contributed by atoms with Gasteiger partial charge in [0.15, 0.2) is 0 Å². The van der Waals surface area contributed by atoms with E-state index in [2.05, 4.69) is 43.0 Å². The van der Waals surface area contributed by atoms with Crippen LogP contribution in [0.4, 0.5) is 0 Å². The molecule has 1 atom stereocenters. The van der Waals surface area contributed by atoms with Crippen LogP contribution in [0.1, 0.15) is 233 Å². The highest BCUT2D eigenvalue weighted by molar-refractivity contribution is 4.97. The highest BCUT2D eigenvalue weighted by atomic mass is 15.4. The van der Waals surface area contributed by atoms with Crippen LogP contribution in [0.5, 0.6) is 0 Å². The topological polar surface area (TPSA) is 6.48 Å². The molecule has 1 rings (SSSR count). The first-order valence-corrected chi connectivity index (χ1v) is 20.5. The van der Waals surface area contributed by atoms with Crippen LogP contribution < -0.4 is 0 Å². The Bertz CT molecular complexity index is 558. The van der Waals surface area contributed by atoms with Crippen molar-refractivity contribution in [2.75, 3.05) is 13.1 Å². The van der Waals surface area contributed by atoms with E-state index in [4.69, 9.17) is 0 Å². The fraction of sp³-hybridized carbons (Fsp3) is 0.951. The van der Waals surface area contributed by atoms with Crippen LogP contribution in [0, 0.1) is 0 Å². The second-order valence-electron chi connectivity index (χ2n) is 14.3. The molecular formula is C41H82N2. The van der Waals surface area contributed by atoms with Gasteiger partial charge in [-0.3, -0.25) is 0 Å². The normalized spacial score (nSPS) is 14.9. The van der Waals surface area contributed by atoms with E-state index in [0.29, 0.717) is 6.17 Å². The van der Waals surface area contributed by atoms with Crippen molar-refractivity contribution in [1.82, 2.24) is 9.80 Å². The van der Waals surface area contributed by atoms with Gasteiger partial charge < -0.3 is 9.80 Å². The van der Waals surface area contributed by atoms with Gasteiger partial charge in [0.25, 0.3) is 0 Å². The molecule has 0 saturated carbocycles. The number of unbranched alkanes of at least 4 members (excludes halogenated alkanes) is 29. The molecule has 1 heterocycles. The molecule has 0 amide bonds.